The summed E-state index contributed by atoms with van der Waals surface area (Å²) < 4.78 is 18.1. The molecule has 1 saturated heterocycles. The molecule has 0 radical (unpaired) electrons. The molecule has 0 aliphatic carbocycles. The molecule has 1 aromatic carbocycles. The number of rotatable bonds is 4. The molecule has 1 amide bonds. The van der Waals surface area contributed by atoms with Gasteiger partial charge in [0.2, 0.25) is 0 Å². The van der Waals surface area contributed by atoms with Gasteiger partial charge in [0.25, 0.3) is 5.91 Å². The smallest absolute Gasteiger partial charge is 0.329 e. The SMILES string of the molecule is CCOC(=O)C(C)N1C(=O)/C(=C/c2ccc(F)cc2)SC1=S. The summed E-state index contributed by atoms with van der Waals surface area (Å²) in [5.41, 5.74) is 0.686. The van der Waals surface area contributed by atoms with Gasteiger partial charge in [0.1, 0.15) is 16.2 Å². The maximum Gasteiger partial charge on any atom is 0.329 e. The molecule has 0 N–H and O–H groups in total. The minimum Gasteiger partial charge on any atom is -0.464 e. The lowest BCUT2D eigenvalue weighted by atomic mass is 10.2. The fourth-order valence-electron chi connectivity index (χ4n) is 1.89. The number of ether oxygens (including phenoxy) is 1. The van der Waals surface area contributed by atoms with Crippen molar-refractivity contribution >= 4 is 46.3 Å². The van der Waals surface area contributed by atoms with Crippen molar-refractivity contribution in [1.29, 1.82) is 0 Å². The van der Waals surface area contributed by atoms with E-state index in [2.05, 4.69) is 0 Å². The van der Waals surface area contributed by atoms with E-state index in [9.17, 15) is 14.0 Å². The van der Waals surface area contributed by atoms with Crippen LogP contribution < -0.4 is 0 Å². The summed E-state index contributed by atoms with van der Waals surface area (Å²) in [6.45, 7) is 3.51. The second-order valence-corrected chi connectivity index (χ2v) is 6.21. The lowest BCUT2D eigenvalue weighted by molar-refractivity contribution is -0.149. The lowest BCUT2D eigenvalue weighted by Crippen LogP contribution is -2.42. The van der Waals surface area contributed by atoms with Gasteiger partial charge in [-0.1, -0.05) is 36.1 Å². The van der Waals surface area contributed by atoms with Gasteiger partial charge in [0.15, 0.2) is 0 Å². The Balaban J connectivity index is 2.21. The molecule has 1 fully saturated rings. The summed E-state index contributed by atoms with van der Waals surface area (Å²) in [6.07, 6.45) is 1.62. The zero-order valence-electron chi connectivity index (χ0n) is 12.0. The van der Waals surface area contributed by atoms with Crippen LogP contribution in [0.15, 0.2) is 29.2 Å². The third-order valence-electron chi connectivity index (χ3n) is 3.01. The van der Waals surface area contributed by atoms with Crippen LogP contribution in [0.2, 0.25) is 0 Å². The zero-order valence-corrected chi connectivity index (χ0v) is 13.7. The third-order valence-corrected chi connectivity index (χ3v) is 4.34. The minimum absolute atomic E-state index is 0.239. The summed E-state index contributed by atoms with van der Waals surface area (Å²) in [5.74, 6) is -1.19. The van der Waals surface area contributed by atoms with Crippen LogP contribution in [0.1, 0.15) is 19.4 Å². The predicted octanol–water partition coefficient (Wildman–Crippen LogP) is 2.98. The Kier molecular flexibility index (Phi) is 5.31. The second kappa shape index (κ2) is 7.02. The number of carbonyl (C=O) groups is 2. The van der Waals surface area contributed by atoms with E-state index in [0.717, 1.165) is 11.8 Å². The highest BCUT2D eigenvalue weighted by atomic mass is 32.2. The number of carbonyl (C=O) groups excluding carboxylic acids is 2. The van der Waals surface area contributed by atoms with Crippen molar-refractivity contribution in [2.24, 2.45) is 0 Å². The second-order valence-electron chi connectivity index (χ2n) is 4.53. The van der Waals surface area contributed by atoms with Crippen molar-refractivity contribution < 1.29 is 18.7 Å². The molecule has 1 aliphatic rings. The van der Waals surface area contributed by atoms with Gasteiger partial charge < -0.3 is 4.74 Å². The molecular formula is C15H14FNO3S2. The molecule has 0 saturated carbocycles. The summed E-state index contributed by atoms with van der Waals surface area (Å²) in [7, 11) is 0. The average Bonchev–Trinajstić information content (AvgIpc) is 2.75. The number of thiocarbonyl (C=S) groups is 1. The van der Waals surface area contributed by atoms with E-state index in [1.807, 2.05) is 0 Å². The molecule has 0 aromatic heterocycles. The van der Waals surface area contributed by atoms with Crippen LogP contribution in [0.5, 0.6) is 0 Å². The standard InChI is InChI=1S/C15H14FNO3S2/c1-3-20-14(19)9(2)17-13(18)12(22-15(17)21)8-10-4-6-11(16)7-5-10/h4-9H,3H2,1-2H3/b12-8-. The Labute approximate surface area is 137 Å². The fourth-order valence-corrected chi connectivity index (χ4v) is 3.31. The van der Waals surface area contributed by atoms with Gasteiger partial charge in [-0.15, -0.1) is 0 Å². The maximum atomic E-state index is 12.9. The third kappa shape index (κ3) is 3.53. The topological polar surface area (TPSA) is 46.6 Å². The van der Waals surface area contributed by atoms with E-state index in [-0.39, 0.29) is 18.3 Å². The maximum absolute atomic E-state index is 12.9. The highest BCUT2D eigenvalue weighted by Gasteiger charge is 2.38. The molecule has 1 unspecified atom stereocenters. The van der Waals surface area contributed by atoms with Crippen molar-refractivity contribution in [3.8, 4) is 0 Å². The molecule has 1 aliphatic heterocycles. The van der Waals surface area contributed by atoms with E-state index in [0.29, 0.717) is 14.8 Å². The molecule has 1 atom stereocenters. The molecule has 4 nitrogen and oxygen atoms in total. The van der Waals surface area contributed by atoms with Crippen LogP contribution in [-0.2, 0) is 14.3 Å². The van der Waals surface area contributed by atoms with Gasteiger partial charge in [0, 0.05) is 0 Å². The molecule has 0 bridgehead atoms. The summed E-state index contributed by atoms with van der Waals surface area (Å²) >= 11 is 6.28. The highest BCUT2D eigenvalue weighted by molar-refractivity contribution is 8.26. The number of benzene rings is 1. The van der Waals surface area contributed by atoms with Crippen molar-refractivity contribution in [2.75, 3.05) is 6.61 Å². The van der Waals surface area contributed by atoms with E-state index in [4.69, 9.17) is 17.0 Å². The van der Waals surface area contributed by atoms with Gasteiger partial charge in [-0.25, -0.2) is 9.18 Å². The van der Waals surface area contributed by atoms with Crippen molar-refractivity contribution in [1.82, 2.24) is 4.90 Å². The quantitative estimate of drug-likeness (QED) is 0.479. The number of hydrogen-bond acceptors (Lipinski definition) is 5. The van der Waals surface area contributed by atoms with E-state index in [1.165, 1.54) is 17.0 Å². The Morgan fingerprint density at radius 3 is 2.68 bits per heavy atom. The normalized spacial score (nSPS) is 18.0. The molecule has 7 heteroatoms. The van der Waals surface area contributed by atoms with Crippen molar-refractivity contribution in [3.05, 3.63) is 40.6 Å². The number of nitrogens with zero attached hydrogens (tertiary/aromatic N) is 1. The number of hydrogen-bond donors (Lipinski definition) is 0. The van der Waals surface area contributed by atoms with Gasteiger partial charge in [-0.3, -0.25) is 9.69 Å². The van der Waals surface area contributed by atoms with Gasteiger partial charge in [0.05, 0.1) is 11.5 Å². The van der Waals surface area contributed by atoms with Crippen LogP contribution in [0.25, 0.3) is 6.08 Å². The number of thioether (sulfide) groups is 1. The first-order valence-electron chi connectivity index (χ1n) is 6.63. The van der Waals surface area contributed by atoms with Crippen molar-refractivity contribution in [3.63, 3.8) is 0 Å². The van der Waals surface area contributed by atoms with E-state index < -0.39 is 12.0 Å². The lowest BCUT2D eigenvalue weighted by Gasteiger charge is -2.21. The molecule has 2 rings (SSSR count). The average molecular weight is 339 g/mol. The summed E-state index contributed by atoms with van der Waals surface area (Å²) in [5, 5.41) is 0. The summed E-state index contributed by atoms with van der Waals surface area (Å²) in [4.78, 5) is 25.8. The Morgan fingerprint density at radius 2 is 2.09 bits per heavy atom. The molecule has 1 heterocycles. The minimum atomic E-state index is -0.772. The monoisotopic (exact) mass is 339 g/mol. The Morgan fingerprint density at radius 1 is 1.45 bits per heavy atom. The molecule has 116 valence electrons. The predicted molar refractivity (Wildman–Crippen MR) is 87.5 cm³/mol. The van der Waals surface area contributed by atoms with Crippen LogP contribution in [0.3, 0.4) is 0 Å². The summed E-state index contributed by atoms with van der Waals surface area (Å²) in [6, 6.07) is 4.99. The first-order valence-corrected chi connectivity index (χ1v) is 7.85. The van der Waals surface area contributed by atoms with Gasteiger partial charge >= 0.3 is 5.97 Å². The highest BCUT2D eigenvalue weighted by Crippen LogP contribution is 2.34. The molecule has 22 heavy (non-hydrogen) atoms. The van der Waals surface area contributed by atoms with Crippen LogP contribution >= 0.6 is 24.0 Å². The zero-order chi connectivity index (χ0) is 16.3. The molecular weight excluding hydrogens is 325 g/mol. The van der Waals surface area contributed by atoms with Crippen molar-refractivity contribution in [2.45, 2.75) is 19.9 Å². The first-order chi connectivity index (χ1) is 10.4. The number of halogens is 1. The Bertz CT molecular complexity index is 643. The van der Waals surface area contributed by atoms with Crippen LogP contribution in [0.4, 0.5) is 4.39 Å². The number of esters is 1. The molecule has 1 aromatic rings. The van der Waals surface area contributed by atoms with Crippen LogP contribution in [-0.4, -0.2) is 33.7 Å². The fraction of sp³-hybridized carbons (Fsp3) is 0.267. The van der Waals surface area contributed by atoms with E-state index >= 15 is 0 Å². The van der Waals surface area contributed by atoms with Gasteiger partial charge in [-0.2, -0.15) is 0 Å². The van der Waals surface area contributed by atoms with E-state index in [1.54, 1.807) is 32.1 Å². The largest absolute Gasteiger partial charge is 0.464 e. The first kappa shape index (κ1) is 16.6. The Hall–Kier alpha value is -1.73. The number of amides is 1. The molecule has 0 spiro atoms. The van der Waals surface area contributed by atoms with Gasteiger partial charge in [-0.05, 0) is 37.6 Å². The van der Waals surface area contributed by atoms with Crippen LogP contribution in [0, 0.1) is 5.82 Å².